The molecule has 0 aliphatic carbocycles. The van der Waals surface area contributed by atoms with Gasteiger partial charge in [-0.15, -0.1) is 0 Å². The molecule has 13 heavy (non-hydrogen) atoms. The van der Waals surface area contributed by atoms with Crippen molar-refractivity contribution in [2.45, 2.75) is 0 Å². The van der Waals surface area contributed by atoms with Crippen LogP contribution in [0.1, 0.15) is 0 Å². The molecule has 0 aromatic carbocycles. The molecule has 0 atom stereocenters. The van der Waals surface area contributed by atoms with Crippen molar-refractivity contribution in [1.29, 1.82) is 0 Å². The molecule has 0 fully saturated rings. The molecule has 4 heteroatoms. The van der Waals surface area contributed by atoms with E-state index < -0.39 is 6.67 Å². The van der Waals surface area contributed by atoms with E-state index in [4.69, 9.17) is 4.84 Å². The summed E-state index contributed by atoms with van der Waals surface area (Å²) < 4.78 is 13.4. The van der Waals surface area contributed by atoms with Gasteiger partial charge in [0.15, 0.2) is 0 Å². The number of halogens is 1. The van der Waals surface area contributed by atoms with Crippen LogP contribution >= 0.6 is 0 Å². The minimum atomic E-state index is -0.486. The first-order valence-electron chi connectivity index (χ1n) is 4.03. The third kappa shape index (κ3) is 1.47. The molecule has 0 saturated carbocycles. The van der Waals surface area contributed by atoms with Crippen LogP contribution in [-0.2, 0) is 0 Å². The fourth-order valence-corrected chi connectivity index (χ4v) is 1.19. The van der Waals surface area contributed by atoms with Crippen LogP contribution < -0.4 is 4.84 Å². The zero-order chi connectivity index (χ0) is 9.10. The van der Waals surface area contributed by atoms with Crippen LogP contribution in [0.2, 0.25) is 0 Å². The Morgan fingerprint density at radius 2 is 2.38 bits per heavy atom. The Morgan fingerprint density at radius 1 is 1.46 bits per heavy atom. The molecule has 0 aliphatic heterocycles. The summed E-state index contributed by atoms with van der Waals surface area (Å²) >= 11 is 0. The van der Waals surface area contributed by atoms with Gasteiger partial charge in [0.25, 0.3) is 0 Å². The van der Waals surface area contributed by atoms with E-state index in [2.05, 4.69) is 4.98 Å². The van der Waals surface area contributed by atoms with Crippen molar-refractivity contribution in [3.63, 3.8) is 0 Å². The summed E-state index contributed by atoms with van der Waals surface area (Å²) in [5.74, 6) is 0. The Morgan fingerprint density at radius 3 is 3.23 bits per heavy atom. The molecular weight excluding hydrogens is 171 g/mol. The minimum absolute atomic E-state index is 0.0681. The van der Waals surface area contributed by atoms with Gasteiger partial charge in [0, 0.05) is 12.4 Å². The van der Waals surface area contributed by atoms with Gasteiger partial charge in [-0.1, -0.05) is 0 Å². The Balaban J connectivity index is 2.35. The number of alkyl halides is 1. The highest BCUT2D eigenvalue weighted by molar-refractivity contribution is 5.74. The van der Waals surface area contributed by atoms with E-state index in [-0.39, 0.29) is 6.61 Å². The number of pyridine rings is 1. The number of rotatable bonds is 3. The summed E-state index contributed by atoms with van der Waals surface area (Å²) in [5.41, 5.74) is 1.71. The quantitative estimate of drug-likeness (QED) is 0.714. The first-order valence-corrected chi connectivity index (χ1v) is 4.03. The Labute approximate surface area is 74.7 Å². The molecular formula is C9H9FN2O. The number of hydrogen-bond acceptors (Lipinski definition) is 2. The van der Waals surface area contributed by atoms with Crippen LogP contribution in [0, 0.1) is 0 Å². The third-order valence-corrected chi connectivity index (χ3v) is 1.73. The molecule has 68 valence electrons. The Kier molecular flexibility index (Phi) is 2.12. The van der Waals surface area contributed by atoms with Crippen LogP contribution in [-0.4, -0.2) is 23.0 Å². The Hall–Kier alpha value is -1.58. The van der Waals surface area contributed by atoms with Gasteiger partial charge in [0.2, 0.25) is 0 Å². The van der Waals surface area contributed by atoms with E-state index in [1.165, 1.54) is 4.73 Å². The van der Waals surface area contributed by atoms with Crippen molar-refractivity contribution in [1.82, 2.24) is 9.71 Å². The lowest BCUT2D eigenvalue weighted by Gasteiger charge is -2.04. The van der Waals surface area contributed by atoms with Gasteiger partial charge >= 0.3 is 0 Å². The SMILES string of the molecule is FCCOn1ccc2ncccc21. The highest BCUT2D eigenvalue weighted by Gasteiger charge is 2.00. The second kappa shape index (κ2) is 3.43. The van der Waals surface area contributed by atoms with Gasteiger partial charge in [-0.3, -0.25) is 4.98 Å². The molecule has 0 aliphatic rings. The summed E-state index contributed by atoms with van der Waals surface area (Å²) in [7, 11) is 0. The molecule has 0 bridgehead atoms. The molecule has 0 unspecified atom stereocenters. The van der Waals surface area contributed by atoms with Crippen LogP contribution in [0.4, 0.5) is 4.39 Å². The molecule has 0 amide bonds. The van der Waals surface area contributed by atoms with Gasteiger partial charge in [-0.05, 0) is 18.2 Å². The van der Waals surface area contributed by atoms with Crippen LogP contribution in [0.5, 0.6) is 0 Å². The van der Waals surface area contributed by atoms with Gasteiger partial charge in [0.1, 0.15) is 18.8 Å². The van der Waals surface area contributed by atoms with E-state index in [9.17, 15) is 4.39 Å². The second-order valence-electron chi connectivity index (χ2n) is 2.57. The van der Waals surface area contributed by atoms with Gasteiger partial charge < -0.3 is 4.84 Å². The lowest BCUT2D eigenvalue weighted by Crippen LogP contribution is -2.12. The number of aromatic nitrogens is 2. The largest absolute Gasteiger partial charge is 0.411 e. The van der Waals surface area contributed by atoms with Crippen molar-refractivity contribution in [2.75, 3.05) is 13.3 Å². The molecule has 0 radical (unpaired) electrons. The maximum atomic E-state index is 11.8. The summed E-state index contributed by atoms with van der Waals surface area (Å²) in [6.07, 6.45) is 3.44. The smallest absolute Gasteiger partial charge is 0.143 e. The molecule has 0 saturated heterocycles. The molecule has 2 heterocycles. The van der Waals surface area contributed by atoms with E-state index >= 15 is 0 Å². The van der Waals surface area contributed by atoms with Crippen molar-refractivity contribution < 1.29 is 9.23 Å². The standard InChI is InChI=1S/C9H9FN2O/c10-4-7-13-12-6-3-8-9(12)2-1-5-11-8/h1-3,5-6H,4,7H2. The highest BCUT2D eigenvalue weighted by Crippen LogP contribution is 2.10. The molecule has 2 aromatic rings. The highest BCUT2D eigenvalue weighted by atomic mass is 19.1. The zero-order valence-corrected chi connectivity index (χ0v) is 6.98. The first-order chi connectivity index (χ1) is 6.42. The van der Waals surface area contributed by atoms with Gasteiger partial charge in [-0.25, -0.2) is 4.39 Å². The van der Waals surface area contributed by atoms with E-state index in [0.29, 0.717) is 0 Å². The van der Waals surface area contributed by atoms with Gasteiger partial charge in [-0.2, -0.15) is 4.73 Å². The van der Waals surface area contributed by atoms with Crippen LogP contribution in [0.15, 0.2) is 30.6 Å². The van der Waals surface area contributed by atoms with Crippen LogP contribution in [0.25, 0.3) is 11.0 Å². The van der Waals surface area contributed by atoms with E-state index in [1.54, 1.807) is 12.4 Å². The topological polar surface area (TPSA) is 27.1 Å². The van der Waals surface area contributed by atoms with Crippen molar-refractivity contribution in [3.8, 4) is 0 Å². The zero-order valence-electron chi connectivity index (χ0n) is 6.98. The second-order valence-corrected chi connectivity index (χ2v) is 2.57. The lowest BCUT2D eigenvalue weighted by atomic mass is 10.4. The number of nitrogens with zero attached hydrogens (tertiary/aromatic N) is 2. The van der Waals surface area contributed by atoms with Crippen molar-refractivity contribution in [3.05, 3.63) is 30.6 Å². The summed E-state index contributed by atoms with van der Waals surface area (Å²) in [6.45, 7) is -0.418. The molecule has 2 rings (SSSR count). The normalized spacial score (nSPS) is 10.5. The Bertz CT molecular complexity index is 399. The summed E-state index contributed by atoms with van der Waals surface area (Å²) in [4.78, 5) is 9.23. The average Bonchev–Trinajstić information content (AvgIpc) is 2.58. The summed E-state index contributed by atoms with van der Waals surface area (Å²) in [6, 6.07) is 5.52. The monoisotopic (exact) mass is 180 g/mol. The van der Waals surface area contributed by atoms with Crippen LogP contribution in [0.3, 0.4) is 0 Å². The molecule has 0 N–H and O–H groups in total. The first kappa shape index (κ1) is 8.04. The predicted molar refractivity (Wildman–Crippen MR) is 47.2 cm³/mol. The summed E-state index contributed by atoms with van der Waals surface area (Å²) in [5, 5.41) is 0. The van der Waals surface area contributed by atoms with E-state index in [1.807, 2.05) is 18.2 Å². The fourth-order valence-electron chi connectivity index (χ4n) is 1.19. The third-order valence-electron chi connectivity index (χ3n) is 1.73. The molecule has 3 nitrogen and oxygen atoms in total. The van der Waals surface area contributed by atoms with Gasteiger partial charge in [0.05, 0.1) is 5.52 Å². The fraction of sp³-hybridized carbons (Fsp3) is 0.222. The minimum Gasteiger partial charge on any atom is -0.411 e. The number of hydrogen-bond donors (Lipinski definition) is 0. The lowest BCUT2D eigenvalue weighted by molar-refractivity contribution is 0.107. The molecule has 0 spiro atoms. The predicted octanol–water partition coefficient (Wildman–Crippen LogP) is 1.43. The van der Waals surface area contributed by atoms with Crippen molar-refractivity contribution >= 4 is 11.0 Å². The molecule has 2 aromatic heterocycles. The number of fused-ring (bicyclic) bond motifs is 1. The van der Waals surface area contributed by atoms with E-state index in [0.717, 1.165) is 11.0 Å². The average molecular weight is 180 g/mol. The van der Waals surface area contributed by atoms with Crippen molar-refractivity contribution in [2.24, 2.45) is 0 Å². The maximum absolute atomic E-state index is 11.8. The maximum Gasteiger partial charge on any atom is 0.143 e.